The molecule has 130 valence electrons. The van der Waals surface area contributed by atoms with Crippen LogP contribution in [0.1, 0.15) is 38.5 Å². The Bertz CT molecular complexity index is 599. The smallest absolute Gasteiger partial charge is 0.315 e. The molecule has 1 saturated carbocycles. The monoisotopic (exact) mass is 331 g/mol. The summed E-state index contributed by atoms with van der Waals surface area (Å²) in [6.07, 6.45) is 6.04. The van der Waals surface area contributed by atoms with Crippen LogP contribution in [0.4, 0.5) is 10.5 Å². The predicted octanol–water partition coefficient (Wildman–Crippen LogP) is 2.43. The molecule has 3 rings (SSSR count). The third kappa shape index (κ3) is 3.99. The second-order valence-corrected chi connectivity index (χ2v) is 6.56. The zero-order chi connectivity index (χ0) is 16.9. The van der Waals surface area contributed by atoms with Crippen molar-refractivity contribution in [2.45, 2.75) is 50.6 Å². The van der Waals surface area contributed by atoms with Crippen LogP contribution in [0.15, 0.2) is 24.3 Å². The van der Waals surface area contributed by atoms with Crippen LogP contribution < -0.4 is 20.3 Å². The van der Waals surface area contributed by atoms with Gasteiger partial charge in [0.2, 0.25) is 5.91 Å². The van der Waals surface area contributed by atoms with Gasteiger partial charge in [-0.3, -0.25) is 4.79 Å². The molecule has 0 bridgehead atoms. The summed E-state index contributed by atoms with van der Waals surface area (Å²) < 4.78 is 5.21. The molecule has 0 aromatic heterocycles. The Kier molecular flexibility index (Phi) is 5.23. The van der Waals surface area contributed by atoms with Crippen molar-refractivity contribution in [3.8, 4) is 5.75 Å². The number of urea groups is 1. The lowest BCUT2D eigenvalue weighted by Gasteiger charge is -2.24. The van der Waals surface area contributed by atoms with Gasteiger partial charge >= 0.3 is 6.03 Å². The molecule has 1 saturated heterocycles. The van der Waals surface area contributed by atoms with Crippen LogP contribution in [0.2, 0.25) is 0 Å². The largest absolute Gasteiger partial charge is 0.497 e. The van der Waals surface area contributed by atoms with Crippen molar-refractivity contribution in [3.63, 3.8) is 0 Å². The molecule has 1 atom stereocenters. The standard InChI is InChI=1S/C18H25N3O3/c1-24-16-9-5-8-15(11-16)21-12-14(10-17(21)22)20-18(23)19-13-6-3-2-4-7-13/h5,8-9,11,13-14H,2-4,6-7,10,12H2,1H3,(H2,19,20,23)/t14-/m0/s1. The fourth-order valence-electron chi connectivity index (χ4n) is 3.49. The second-order valence-electron chi connectivity index (χ2n) is 6.56. The van der Waals surface area contributed by atoms with Crippen LogP contribution >= 0.6 is 0 Å². The molecule has 2 fully saturated rings. The summed E-state index contributed by atoms with van der Waals surface area (Å²) in [5, 5.41) is 5.97. The highest BCUT2D eigenvalue weighted by Crippen LogP contribution is 2.25. The molecular weight excluding hydrogens is 306 g/mol. The van der Waals surface area contributed by atoms with Gasteiger partial charge in [0, 0.05) is 30.8 Å². The average molecular weight is 331 g/mol. The lowest BCUT2D eigenvalue weighted by Crippen LogP contribution is -2.47. The van der Waals surface area contributed by atoms with E-state index < -0.39 is 0 Å². The van der Waals surface area contributed by atoms with Gasteiger partial charge in [-0.15, -0.1) is 0 Å². The van der Waals surface area contributed by atoms with Gasteiger partial charge < -0.3 is 20.3 Å². The van der Waals surface area contributed by atoms with Gasteiger partial charge in [0.15, 0.2) is 0 Å². The quantitative estimate of drug-likeness (QED) is 0.890. The first-order valence-electron chi connectivity index (χ1n) is 8.67. The van der Waals surface area contributed by atoms with Gasteiger partial charge in [-0.05, 0) is 25.0 Å². The molecule has 1 aliphatic heterocycles. The normalized spacial score (nSPS) is 21.6. The van der Waals surface area contributed by atoms with E-state index in [0.29, 0.717) is 18.7 Å². The Morgan fingerprint density at radius 1 is 1.17 bits per heavy atom. The van der Waals surface area contributed by atoms with Gasteiger partial charge in [-0.2, -0.15) is 0 Å². The highest BCUT2D eigenvalue weighted by molar-refractivity contribution is 5.97. The number of nitrogens with one attached hydrogen (secondary N) is 2. The van der Waals surface area contributed by atoms with Crippen LogP contribution in [-0.4, -0.2) is 37.7 Å². The third-order valence-corrected chi connectivity index (χ3v) is 4.77. The van der Waals surface area contributed by atoms with E-state index in [0.717, 1.165) is 18.5 Å². The van der Waals surface area contributed by atoms with Crippen LogP contribution in [0.25, 0.3) is 0 Å². The molecule has 3 amide bonds. The second kappa shape index (κ2) is 7.55. The number of amides is 3. The molecule has 1 aliphatic carbocycles. The third-order valence-electron chi connectivity index (χ3n) is 4.77. The van der Waals surface area contributed by atoms with Crippen molar-refractivity contribution in [3.05, 3.63) is 24.3 Å². The molecule has 1 heterocycles. The first kappa shape index (κ1) is 16.6. The number of carbonyl (C=O) groups is 2. The number of rotatable bonds is 4. The van der Waals surface area contributed by atoms with Crippen molar-refractivity contribution >= 4 is 17.6 Å². The molecule has 24 heavy (non-hydrogen) atoms. The van der Waals surface area contributed by atoms with E-state index in [9.17, 15) is 9.59 Å². The summed E-state index contributed by atoms with van der Waals surface area (Å²) >= 11 is 0. The first-order chi connectivity index (χ1) is 11.7. The molecule has 1 aromatic carbocycles. The number of anilines is 1. The minimum atomic E-state index is -0.160. The van der Waals surface area contributed by atoms with Crippen LogP contribution in [0, 0.1) is 0 Å². The zero-order valence-electron chi connectivity index (χ0n) is 14.1. The average Bonchev–Trinajstić information content (AvgIpc) is 2.96. The minimum Gasteiger partial charge on any atom is -0.497 e. The van der Waals surface area contributed by atoms with E-state index in [1.54, 1.807) is 12.0 Å². The van der Waals surface area contributed by atoms with Crippen LogP contribution in [0.5, 0.6) is 5.75 Å². The summed E-state index contributed by atoms with van der Waals surface area (Å²) in [5.41, 5.74) is 0.802. The summed E-state index contributed by atoms with van der Waals surface area (Å²) in [5.74, 6) is 0.734. The molecule has 0 spiro atoms. The van der Waals surface area contributed by atoms with Gasteiger partial charge in [-0.25, -0.2) is 4.79 Å². The Morgan fingerprint density at radius 2 is 1.92 bits per heavy atom. The minimum absolute atomic E-state index is 0.0196. The van der Waals surface area contributed by atoms with Gasteiger partial charge in [-0.1, -0.05) is 25.3 Å². The van der Waals surface area contributed by atoms with Crippen LogP contribution in [-0.2, 0) is 4.79 Å². The van der Waals surface area contributed by atoms with E-state index in [2.05, 4.69) is 10.6 Å². The molecule has 0 radical (unpaired) electrons. The predicted molar refractivity (Wildman–Crippen MR) is 92.3 cm³/mol. The Labute approximate surface area is 142 Å². The lowest BCUT2D eigenvalue weighted by atomic mass is 9.96. The van der Waals surface area contributed by atoms with Gasteiger partial charge in [0.05, 0.1) is 13.2 Å². The molecule has 0 unspecified atom stereocenters. The number of hydrogen-bond acceptors (Lipinski definition) is 3. The molecule has 6 nitrogen and oxygen atoms in total. The van der Waals surface area contributed by atoms with Crippen molar-refractivity contribution in [1.29, 1.82) is 0 Å². The maximum Gasteiger partial charge on any atom is 0.315 e. The lowest BCUT2D eigenvalue weighted by molar-refractivity contribution is -0.117. The fourth-order valence-corrected chi connectivity index (χ4v) is 3.49. The molecular formula is C18H25N3O3. The summed E-state index contributed by atoms with van der Waals surface area (Å²) in [4.78, 5) is 26.1. The Hall–Kier alpha value is -2.24. The molecule has 6 heteroatoms. The fraction of sp³-hybridized carbons (Fsp3) is 0.556. The molecule has 1 aromatic rings. The van der Waals surface area contributed by atoms with E-state index in [1.165, 1.54) is 19.3 Å². The SMILES string of the molecule is COc1cccc(N2C[C@@H](NC(=O)NC3CCCCC3)CC2=O)c1. The topological polar surface area (TPSA) is 70.7 Å². The number of methoxy groups -OCH3 is 1. The van der Waals surface area contributed by atoms with Gasteiger partial charge in [0.25, 0.3) is 0 Å². The summed E-state index contributed by atoms with van der Waals surface area (Å²) in [7, 11) is 1.60. The van der Waals surface area contributed by atoms with Gasteiger partial charge in [0.1, 0.15) is 5.75 Å². The molecule has 2 aliphatic rings. The first-order valence-corrected chi connectivity index (χ1v) is 8.67. The van der Waals surface area contributed by atoms with Crippen molar-refractivity contribution in [2.75, 3.05) is 18.6 Å². The summed E-state index contributed by atoms with van der Waals surface area (Å²) in [6.45, 7) is 0.490. The maximum absolute atomic E-state index is 12.3. The Morgan fingerprint density at radius 3 is 2.67 bits per heavy atom. The summed E-state index contributed by atoms with van der Waals surface area (Å²) in [6, 6.07) is 7.37. The van der Waals surface area contributed by atoms with E-state index in [4.69, 9.17) is 4.74 Å². The Balaban J connectivity index is 1.55. The number of carbonyl (C=O) groups excluding carboxylic acids is 2. The maximum atomic E-state index is 12.3. The highest BCUT2D eigenvalue weighted by atomic mass is 16.5. The van der Waals surface area contributed by atoms with Crippen molar-refractivity contribution in [1.82, 2.24) is 10.6 Å². The van der Waals surface area contributed by atoms with E-state index in [-0.39, 0.29) is 24.0 Å². The van der Waals surface area contributed by atoms with E-state index >= 15 is 0 Å². The van der Waals surface area contributed by atoms with E-state index in [1.807, 2.05) is 24.3 Å². The van der Waals surface area contributed by atoms with Crippen molar-refractivity contribution in [2.24, 2.45) is 0 Å². The number of nitrogens with zero attached hydrogens (tertiary/aromatic N) is 1. The number of ether oxygens (including phenoxy) is 1. The zero-order valence-corrected chi connectivity index (χ0v) is 14.1. The van der Waals surface area contributed by atoms with Crippen molar-refractivity contribution < 1.29 is 14.3 Å². The van der Waals surface area contributed by atoms with Crippen LogP contribution in [0.3, 0.4) is 0 Å². The number of benzene rings is 1. The number of hydrogen-bond donors (Lipinski definition) is 2. The highest BCUT2D eigenvalue weighted by Gasteiger charge is 2.32. The molecule has 2 N–H and O–H groups in total.